The van der Waals surface area contributed by atoms with Crippen molar-refractivity contribution in [2.75, 3.05) is 43.9 Å². The molecule has 1 aliphatic rings. The summed E-state index contributed by atoms with van der Waals surface area (Å²) >= 11 is 5.92. The first-order valence-electron chi connectivity index (χ1n) is 7.41. The lowest BCUT2D eigenvalue weighted by Gasteiger charge is -2.33. The van der Waals surface area contributed by atoms with Gasteiger partial charge in [-0.2, -0.15) is 4.98 Å². The van der Waals surface area contributed by atoms with Gasteiger partial charge in [0.1, 0.15) is 5.82 Å². The molecule has 3 rings (SSSR count). The van der Waals surface area contributed by atoms with Crippen molar-refractivity contribution in [2.45, 2.75) is 6.42 Å². The van der Waals surface area contributed by atoms with Crippen LogP contribution in [-0.4, -0.2) is 48.1 Å². The quantitative estimate of drug-likeness (QED) is 0.939. The summed E-state index contributed by atoms with van der Waals surface area (Å²) in [6, 6.07) is 9.84. The number of nitrogens with zero attached hydrogens (tertiary/aromatic N) is 4. The van der Waals surface area contributed by atoms with Gasteiger partial charge < -0.3 is 15.5 Å². The van der Waals surface area contributed by atoms with Gasteiger partial charge in [-0.05, 0) is 24.7 Å². The molecule has 0 spiro atoms. The summed E-state index contributed by atoms with van der Waals surface area (Å²) < 4.78 is 0. The number of hydrogen-bond acceptors (Lipinski definition) is 5. The molecule has 5 nitrogen and oxygen atoms in total. The lowest BCUT2D eigenvalue weighted by molar-refractivity contribution is 0.312. The zero-order chi connectivity index (χ0) is 15.5. The zero-order valence-electron chi connectivity index (χ0n) is 12.7. The Labute approximate surface area is 135 Å². The lowest BCUT2D eigenvalue weighted by Crippen LogP contribution is -2.44. The van der Waals surface area contributed by atoms with Gasteiger partial charge in [0.15, 0.2) is 0 Å². The van der Waals surface area contributed by atoms with Crippen LogP contribution in [0.25, 0.3) is 0 Å². The molecule has 1 saturated heterocycles. The van der Waals surface area contributed by atoms with Crippen molar-refractivity contribution in [1.82, 2.24) is 14.9 Å². The van der Waals surface area contributed by atoms with Gasteiger partial charge in [0.25, 0.3) is 0 Å². The Morgan fingerprint density at radius 2 is 1.77 bits per heavy atom. The average molecular weight is 318 g/mol. The Hall–Kier alpha value is -1.85. The summed E-state index contributed by atoms with van der Waals surface area (Å²) in [6.07, 6.45) is 0.727. The number of nitrogen functional groups attached to an aromatic ring is 1. The topological polar surface area (TPSA) is 58.3 Å². The second-order valence-electron chi connectivity index (χ2n) is 5.67. The first-order valence-corrected chi connectivity index (χ1v) is 7.79. The normalized spacial score (nSPS) is 16.0. The third-order valence-corrected chi connectivity index (χ3v) is 4.16. The second-order valence-corrected chi connectivity index (χ2v) is 6.11. The molecule has 0 bridgehead atoms. The fourth-order valence-electron chi connectivity index (χ4n) is 2.60. The molecule has 1 aliphatic heterocycles. The summed E-state index contributed by atoms with van der Waals surface area (Å²) in [5, 5.41) is 0.740. The van der Waals surface area contributed by atoms with Crippen molar-refractivity contribution >= 4 is 23.4 Å². The molecular formula is C16H20ClN5. The highest BCUT2D eigenvalue weighted by Gasteiger charge is 2.16. The smallest absolute Gasteiger partial charge is 0.222 e. The Balaban J connectivity index is 1.79. The number of rotatable bonds is 3. The third kappa shape index (κ3) is 3.67. The Kier molecular flexibility index (Phi) is 4.45. The minimum Gasteiger partial charge on any atom is -0.368 e. The number of piperazine rings is 1. The maximum absolute atomic E-state index is 5.92. The Morgan fingerprint density at radius 3 is 2.45 bits per heavy atom. The van der Waals surface area contributed by atoms with Gasteiger partial charge in [0.2, 0.25) is 5.95 Å². The van der Waals surface area contributed by atoms with Gasteiger partial charge in [-0.15, -0.1) is 0 Å². The van der Waals surface area contributed by atoms with Gasteiger partial charge in [-0.1, -0.05) is 23.7 Å². The summed E-state index contributed by atoms with van der Waals surface area (Å²) in [7, 11) is 2.14. The molecule has 1 aromatic carbocycles. The molecule has 0 atom stereocenters. The Bertz CT molecular complexity index is 635. The van der Waals surface area contributed by atoms with Gasteiger partial charge in [-0.3, -0.25) is 0 Å². The molecule has 116 valence electrons. The largest absolute Gasteiger partial charge is 0.368 e. The third-order valence-electron chi connectivity index (χ3n) is 3.91. The van der Waals surface area contributed by atoms with Gasteiger partial charge in [0, 0.05) is 43.7 Å². The van der Waals surface area contributed by atoms with Crippen molar-refractivity contribution < 1.29 is 0 Å². The predicted octanol–water partition coefficient (Wildman–Crippen LogP) is 2.05. The molecule has 2 aromatic rings. The second kappa shape index (κ2) is 6.50. The summed E-state index contributed by atoms with van der Waals surface area (Å²) in [5.74, 6) is 1.25. The SMILES string of the molecule is CN1CCN(c2cc(Cc3ccc(Cl)cc3)nc(N)n2)CC1. The lowest BCUT2D eigenvalue weighted by atomic mass is 10.1. The van der Waals surface area contributed by atoms with Crippen LogP contribution in [0.4, 0.5) is 11.8 Å². The van der Waals surface area contributed by atoms with Crippen LogP contribution in [0.2, 0.25) is 5.02 Å². The number of anilines is 2. The van der Waals surface area contributed by atoms with Crippen LogP contribution in [-0.2, 0) is 6.42 Å². The van der Waals surface area contributed by atoms with Crippen LogP contribution in [0.5, 0.6) is 0 Å². The van der Waals surface area contributed by atoms with E-state index in [0.29, 0.717) is 5.95 Å². The van der Waals surface area contributed by atoms with Gasteiger partial charge in [0.05, 0.1) is 5.69 Å². The molecule has 1 fully saturated rings. The van der Waals surface area contributed by atoms with Crippen LogP contribution in [0.15, 0.2) is 30.3 Å². The Morgan fingerprint density at radius 1 is 1.09 bits per heavy atom. The van der Waals surface area contributed by atoms with Crippen LogP contribution in [0, 0.1) is 0 Å². The molecule has 2 heterocycles. The predicted molar refractivity (Wildman–Crippen MR) is 90.4 cm³/mol. The molecule has 0 aliphatic carbocycles. The highest BCUT2D eigenvalue weighted by Crippen LogP contribution is 2.18. The van der Waals surface area contributed by atoms with Gasteiger partial charge in [-0.25, -0.2) is 4.98 Å². The van der Waals surface area contributed by atoms with E-state index in [1.165, 1.54) is 0 Å². The molecule has 1 aromatic heterocycles. The van der Waals surface area contributed by atoms with E-state index in [1.807, 2.05) is 30.3 Å². The van der Waals surface area contributed by atoms with E-state index in [-0.39, 0.29) is 0 Å². The van der Waals surface area contributed by atoms with Crippen LogP contribution >= 0.6 is 11.6 Å². The number of nitrogens with two attached hydrogens (primary N) is 1. The van der Waals surface area contributed by atoms with E-state index in [2.05, 4.69) is 26.8 Å². The molecule has 22 heavy (non-hydrogen) atoms. The summed E-state index contributed by atoms with van der Waals surface area (Å²) in [5.41, 5.74) is 7.98. The first-order chi connectivity index (χ1) is 10.6. The monoisotopic (exact) mass is 317 g/mol. The number of aromatic nitrogens is 2. The minimum atomic E-state index is 0.334. The van der Waals surface area contributed by atoms with E-state index >= 15 is 0 Å². The maximum Gasteiger partial charge on any atom is 0.222 e. The molecular weight excluding hydrogens is 298 g/mol. The minimum absolute atomic E-state index is 0.334. The molecule has 0 radical (unpaired) electrons. The van der Waals surface area contributed by atoms with Crippen molar-refractivity contribution in [3.8, 4) is 0 Å². The molecule has 0 unspecified atom stereocenters. The van der Waals surface area contributed by atoms with Crippen molar-refractivity contribution in [1.29, 1.82) is 0 Å². The fraction of sp³-hybridized carbons (Fsp3) is 0.375. The van der Waals surface area contributed by atoms with E-state index in [0.717, 1.165) is 54.7 Å². The van der Waals surface area contributed by atoms with E-state index in [1.54, 1.807) is 0 Å². The highest BCUT2D eigenvalue weighted by atomic mass is 35.5. The average Bonchev–Trinajstić information content (AvgIpc) is 2.50. The highest BCUT2D eigenvalue weighted by molar-refractivity contribution is 6.30. The summed E-state index contributed by atoms with van der Waals surface area (Å²) in [4.78, 5) is 13.3. The van der Waals surface area contributed by atoms with E-state index in [9.17, 15) is 0 Å². The number of halogens is 1. The first kappa shape index (κ1) is 15.1. The van der Waals surface area contributed by atoms with E-state index < -0.39 is 0 Å². The zero-order valence-corrected chi connectivity index (χ0v) is 13.4. The van der Waals surface area contributed by atoms with Crippen LogP contribution < -0.4 is 10.6 Å². The fourth-order valence-corrected chi connectivity index (χ4v) is 2.73. The van der Waals surface area contributed by atoms with Crippen LogP contribution in [0.1, 0.15) is 11.3 Å². The number of benzene rings is 1. The van der Waals surface area contributed by atoms with Crippen molar-refractivity contribution in [3.05, 3.63) is 46.6 Å². The summed E-state index contributed by atoms with van der Waals surface area (Å²) in [6.45, 7) is 4.01. The standard InChI is InChI=1S/C16H20ClN5/c1-21-6-8-22(9-7-21)15-11-14(19-16(18)20-15)10-12-2-4-13(17)5-3-12/h2-5,11H,6-10H2,1H3,(H2,18,19,20). The van der Waals surface area contributed by atoms with Crippen molar-refractivity contribution in [3.63, 3.8) is 0 Å². The molecule has 0 saturated carbocycles. The molecule has 6 heteroatoms. The molecule has 2 N–H and O–H groups in total. The van der Waals surface area contributed by atoms with E-state index in [4.69, 9.17) is 17.3 Å². The number of hydrogen-bond donors (Lipinski definition) is 1. The van der Waals surface area contributed by atoms with Crippen molar-refractivity contribution in [2.24, 2.45) is 0 Å². The molecule has 0 amide bonds. The maximum atomic E-state index is 5.92. The number of likely N-dealkylation sites (N-methyl/N-ethyl adjacent to an activating group) is 1. The van der Waals surface area contributed by atoms with Crippen LogP contribution in [0.3, 0.4) is 0 Å². The van der Waals surface area contributed by atoms with Gasteiger partial charge >= 0.3 is 0 Å².